The fourth-order valence-electron chi connectivity index (χ4n) is 0.547. The van der Waals surface area contributed by atoms with E-state index >= 15 is 0 Å². The maximum absolute atomic E-state index is 11.6. The minimum atomic E-state index is -4.26. The van der Waals surface area contributed by atoms with Gasteiger partial charge in [-0.05, 0) is 28.4 Å². The summed E-state index contributed by atoms with van der Waals surface area (Å²) in [4.78, 5) is 3.75. The van der Waals surface area contributed by atoms with Crippen LogP contribution in [-0.2, 0) is 0 Å². The highest BCUT2D eigenvalue weighted by atomic mass is 79.9. The zero-order valence-corrected chi connectivity index (χ0v) is 8.78. The highest BCUT2D eigenvalue weighted by molar-refractivity contribution is 9.18. The summed E-state index contributed by atoms with van der Waals surface area (Å²) in [5.41, 5.74) is 0.642. The number of hydrogen-bond acceptors (Lipinski definition) is 1. The molecule has 0 radical (unpaired) electrons. The van der Waals surface area contributed by atoms with Gasteiger partial charge in [0.05, 0.1) is 0 Å². The molecule has 0 spiro atoms. The molecule has 0 aliphatic rings. The van der Waals surface area contributed by atoms with Crippen molar-refractivity contribution in [3.63, 3.8) is 0 Å². The van der Waals surface area contributed by atoms with Crippen LogP contribution in [0.3, 0.4) is 0 Å². The molecule has 0 saturated heterocycles. The first-order valence-electron chi connectivity index (χ1n) is 3.42. The molecule has 0 bridgehead atoms. The number of nitrogens with zero attached hydrogens (tertiary/aromatic N) is 1. The van der Waals surface area contributed by atoms with Gasteiger partial charge in [0.25, 0.3) is 0 Å². The Labute approximate surface area is 83.2 Å². The average molecular weight is 256 g/mol. The maximum atomic E-state index is 11.6. The second kappa shape index (κ2) is 5.21. The third-order valence-corrected chi connectivity index (χ3v) is 2.13. The Kier molecular flexibility index (Phi) is 4.98. The molecule has 0 aromatic rings. The molecule has 0 fully saturated rings. The Balaban J connectivity index is 4.37. The number of allylic oxidation sites excluding steroid dienone is 4. The molecule has 0 saturated carbocycles. The lowest BCUT2D eigenvalue weighted by Gasteiger charge is -1.96. The summed E-state index contributed by atoms with van der Waals surface area (Å²) in [7, 11) is 1.55. The molecule has 0 unspecified atom stereocenters. The first-order valence-corrected chi connectivity index (χ1v) is 4.21. The molecule has 0 atom stereocenters. The SMILES string of the molecule is CN=C(Br)/C(C)=C\C=C\C(F)(F)F. The number of aliphatic imine (C=N–C) groups is 1. The predicted molar refractivity (Wildman–Crippen MR) is 51.2 cm³/mol. The molecule has 5 heteroatoms. The van der Waals surface area contributed by atoms with Crippen LogP contribution in [0.2, 0.25) is 0 Å². The van der Waals surface area contributed by atoms with Gasteiger partial charge in [-0.25, -0.2) is 0 Å². The average Bonchev–Trinajstić information content (AvgIpc) is 2.00. The number of halogens is 4. The van der Waals surface area contributed by atoms with Crippen molar-refractivity contribution in [1.82, 2.24) is 0 Å². The standard InChI is InChI=1S/C8H9BrF3N/c1-6(7(9)13-2)4-3-5-8(10,11)12/h3-5H,1-2H3/b5-3+,6-4-,13-7?. The van der Waals surface area contributed by atoms with Crippen LogP contribution in [0.4, 0.5) is 13.2 Å². The molecule has 74 valence electrons. The van der Waals surface area contributed by atoms with Gasteiger partial charge in [0, 0.05) is 13.1 Å². The van der Waals surface area contributed by atoms with Crippen molar-refractivity contribution in [2.45, 2.75) is 13.1 Å². The second-order valence-electron chi connectivity index (χ2n) is 2.26. The fourth-order valence-corrected chi connectivity index (χ4v) is 0.679. The zero-order chi connectivity index (χ0) is 10.5. The van der Waals surface area contributed by atoms with Crippen LogP contribution in [0, 0.1) is 0 Å². The molecule has 0 aromatic carbocycles. The van der Waals surface area contributed by atoms with Crippen LogP contribution in [0.15, 0.2) is 28.8 Å². The summed E-state index contributed by atoms with van der Waals surface area (Å²) in [6.07, 6.45) is -1.80. The van der Waals surface area contributed by atoms with E-state index in [2.05, 4.69) is 20.9 Å². The van der Waals surface area contributed by atoms with Crippen molar-refractivity contribution in [2.75, 3.05) is 7.05 Å². The summed E-state index contributed by atoms with van der Waals surface area (Å²) in [6.45, 7) is 1.66. The normalized spacial score (nSPS) is 15.5. The van der Waals surface area contributed by atoms with Crippen molar-refractivity contribution < 1.29 is 13.2 Å². The van der Waals surface area contributed by atoms with Crippen LogP contribution in [-0.4, -0.2) is 17.8 Å². The van der Waals surface area contributed by atoms with Gasteiger partial charge in [-0.3, -0.25) is 4.99 Å². The van der Waals surface area contributed by atoms with Crippen LogP contribution in [0.25, 0.3) is 0 Å². The Morgan fingerprint density at radius 1 is 1.38 bits per heavy atom. The molecule has 0 aliphatic carbocycles. The Morgan fingerprint density at radius 2 is 1.92 bits per heavy atom. The first-order chi connectivity index (χ1) is 5.87. The topological polar surface area (TPSA) is 12.4 Å². The molecule has 0 amide bonds. The molecule has 0 N–H and O–H groups in total. The second-order valence-corrected chi connectivity index (χ2v) is 3.02. The van der Waals surface area contributed by atoms with E-state index in [9.17, 15) is 13.2 Å². The summed E-state index contributed by atoms with van der Waals surface area (Å²) in [5, 5.41) is 0. The lowest BCUT2D eigenvalue weighted by molar-refractivity contribution is -0.0798. The number of hydrogen-bond donors (Lipinski definition) is 0. The summed E-state index contributed by atoms with van der Waals surface area (Å²) >= 11 is 3.09. The smallest absolute Gasteiger partial charge is 0.281 e. The predicted octanol–water partition coefficient (Wildman–Crippen LogP) is 3.47. The molecule has 0 aliphatic heterocycles. The molecule has 0 aromatic heterocycles. The van der Waals surface area contributed by atoms with Gasteiger partial charge in [0.2, 0.25) is 0 Å². The third-order valence-electron chi connectivity index (χ3n) is 1.15. The van der Waals surface area contributed by atoms with Gasteiger partial charge >= 0.3 is 6.18 Å². The van der Waals surface area contributed by atoms with Gasteiger partial charge in [0.15, 0.2) is 0 Å². The third kappa shape index (κ3) is 6.57. The van der Waals surface area contributed by atoms with E-state index in [1.165, 1.54) is 6.08 Å². The Morgan fingerprint density at radius 3 is 2.31 bits per heavy atom. The minimum Gasteiger partial charge on any atom is -0.281 e. The van der Waals surface area contributed by atoms with Crippen LogP contribution in [0.1, 0.15) is 6.92 Å². The Bertz CT molecular complexity index is 251. The van der Waals surface area contributed by atoms with Crippen LogP contribution < -0.4 is 0 Å². The molecular weight excluding hydrogens is 247 g/mol. The fraction of sp³-hybridized carbons (Fsp3) is 0.375. The first kappa shape index (κ1) is 12.4. The molecule has 1 nitrogen and oxygen atoms in total. The van der Waals surface area contributed by atoms with Crippen LogP contribution >= 0.6 is 15.9 Å². The van der Waals surface area contributed by atoms with Gasteiger partial charge in [-0.1, -0.05) is 12.2 Å². The van der Waals surface area contributed by atoms with E-state index in [-0.39, 0.29) is 6.08 Å². The van der Waals surface area contributed by atoms with Crippen molar-refractivity contribution in [3.8, 4) is 0 Å². The minimum absolute atomic E-state index is 0.173. The number of rotatable bonds is 2. The summed E-state index contributed by atoms with van der Waals surface area (Å²) < 4.78 is 35.4. The summed E-state index contributed by atoms with van der Waals surface area (Å²) in [5.74, 6) is 0. The zero-order valence-electron chi connectivity index (χ0n) is 7.19. The van der Waals surface area contributed by atoms with Gasteiger partial charge in [-0.15, -0.1) is 0 Å². The highest BCUT2D eigenvalue weighted by Crippen LogP contribution is 2.16. The van der Waals surface area contributed by atoms with E-state index in [0.717, 1.165) is 6.08 Å². The lowest BCUT2D eigenvalue weighted by atomic mass is 10.3. The van der Waals surface area contributed by atoms with Crippen molar-refractivity contribution in [3.05, 3.63) is 23.8 Å². The quantitative estimate of drug-likeness (QED) is 0.529. The largest absolute Gasteiger partial charge is 0.409 e. The van der Waals surface area contributed by atoms with Gasteiger partial charge < -0.3 is 0 Å². The van der Waals surface area contributed by atoms with E-state index < -0.39 is 6.18 Å². The summed E-state index contributed by atoms with van der Waals surface area (Å²) in [6, 6.07) is 0. The lowest BCUT2D eigenvalue weighted by Crippen LogP contribution is -2.00. The monoisotopic (exact) mass is 255 g/mol. The van der Waals surface area contributed by atoms with E-state index in [1.54, 1.807) is 14.0 Å². The van der Waals surface area contributed by atoms with Gasteiger partial charge in [0.1, 0.15) is 4.62 Å². The van der Waals surface area contributed by atoms with Crippen molar-refractivity contribution in [2.24, 2.45) is 4.99 Å². The van der Waals surface area contributed by atoms with E-state index in [4.69, 9.17) is 0 Å². The number of alkyl halides is 3. The molecule has 0 rings (SSSR count). The Hall–Kier alpha value is -0.580. The van der Waals surface area contributed by atoms with E-state index in [0.29, 0.717) is 10.2 Å². The van der Waals surface area contributed by atoms with Gasteiger partial charge in [-0.2, -0.15) is 13.2 Å². The molecule has 0 heterocycles. The van der Waals surface area contributed by atoms with Crippen molar-refractivity contribution >= 4 is 20.6 Å². The highest BCUT2D eigenvalue weighted by Gasteiger charge is 2.21. The van der Waals surface area contributed by atoms with Crippen LogP contribution in [0.5, 0.6) is 0 Å². The molecular formula is C8H9BrF3N. The van der Waals surface area contributed by atoms with E-state index in [1.807, 2.05) is 0 Å². The van der Waals surface area contributed by atoms with Crippen molar-refractivity contribution in [1.29, 1.82) is 0 Å². The molecule has 13 heavy (non-hydrogen) atoms. The maximum Gasteiger partial charge on any atom is 0.409 e.